The highest BCUT2D eigenvalue weighted by Gasteiger charge is 2.52. The molecule has 2 aromatic rings. The van der Waals surface area contributed by atoms with Crippen molar-refractivity contribution in [2.45, 2.75) is 11.8 Å². The molecule has 2 aliphatic heterocycles. The number of carbonyl (C=O) groups is 2. The lowest BCUT2D eigenvalue weighted by Gasteiger charge is -2.22. The number of rotatable bonds is 1. The molecular formula is C14H11Cl2N5O2. The lowest BCUT2D eigenvalue weighted by molar-refractivity contribution is -0.120. The minimum atomic E-state index is -0.789. The Balaban J connectivity index is 1.70. The molecule has 0 saturated carbocycles. The zero-order valence-electron chi connectivity index (χ0n) is 11.8. The number of likely N-dealkylation sites (tertiary alicyclic amines) is 1. The van der Waals surface area contributed by atoms with Crippen molar-refractivity contribution < 1.29 is 9.59 Å². The van der Waals surface area contributed by atoms with E-state index in [1.807, 2.05) is 0 Å². The molecule has 1 saturated heterocycles. The molecular weight excluding hydrogens is 341 g/mol. The van der Waals surface area contributed by atoms with Gasteiger partial charge >= 0.3 is 0 Å². The second-order valence-corrected chi connectivity index (χ2v) is 6.50. The number of aromatic amines is 1. The standard InChI is InChI=1S/C14H11Cl2N5O2/c15-8-3-7-10(4-9(8)16)18-13(23)14(7)1-2-21(6-14)12(22)11-5-17-20-19-11/h3-5H,1-2,6H2,(H,18,23)(H,17,19,20)/t14-/m1/s1. The van der Waals surface area contributed by atoms with Crippen LogP contribution in [0.1, 0.15) is 22.5 Å². The van der Waals surface area contributed by atoms with Crippen LogP contribution in [-0.4, -0.2) is 45.2 Å². The summed E-state index contributed by atoms with van der Waals surface area (Å²) in [5, 5.41) is 13.4. The van der Waals surface area contributed by atoms with E-state index in [1.165, 1.54) is 6.20 Å². The number of benzene rings is 1. The number of nitrogens with zero attached hydrogens (tertiary/aromatic N) is 3. The summed E-state index contributed by atoms with van der Waals surface area (Å²) in [5.74, 6) is -0.391. The summed E-state index contributed by atoms with van der Waals surface area (Å²) in [6.45, 7) is 0.730. The molecule has 4 rings (SSSR count). The van der Waals surface area contributed by atoms with E-state index in [2.05, 4.69) is 20.7 Å². The molecule has 0 unspecified atom stereocenters. The second kappa shape index (κ2) is 4.94. The first kappa shape index (κ1) is 14.5. The molecule has 7 nitrogen and oxygen atoms in total. The SMILES string of the molecule is O=C(c1c[nH]nn1)N1CC[C@]2(C1)C(=O)Nc1cc(Cl)c(Cl)cc12. The quantitative estimate of drug-likeness (QED) is 0.820. The van der Waals surface area contributed by atoms with Crippen LogP contribution in [0.15, 0.2) is 18.3 Å². The topological polar surface area (TPSA) is 91.0 Å². The molecule has 0 bridgehead atoms. The van der Waals surface area contributed by atoms with Crippen molar-refractivity contribution in [2.75, 3.05) is 18.4 Å². The number of nitrogens with one attached hydrogen (secondary N) is 2. The van der Waals surface area contributed by atoms with Crippen LogP contribution in [0.25, 0.3) is 0 Å². The molecule has 1 aromatic carbocycles. The molecule has 0 radical (unpaired) electrons. The summed E-state index contributed by atoms with van der Waals surface area (Å²) in [6, 6.07) is 3.36. The Hall–Kier alpha value is -2.12. The zero-order valence-corrected chi connectivity index (χ0v) is 13.3. The van der Waals surface area contributed by atoms with Crippen LogP contribution in [0.2, 0.25) is 10.0 Å². The molecule has 23 heavy (non-hydrogen) atoms. The van der Waals surface area contributed by atoms with Gasteiger partial charge in [-0.2, -0.15) is 0 Å². The molecule has 1 atom stereocenters. The van der Waals surface area contributed by atoms with Crippen LogP contribution in [-0.2, 0) is 10.2 Å². The smallest absolute Gasteiger partial charge is 0.276 e. The molecule has 1 spiro atoms. The lowest BCUT2D eigenvalue weighted by atomic mass is 9.81. The van der Waals surface area contributed by atoms with Gasteiger partial charge in [0.1, 0.15) is 0 Å². The Kier molecular flexibility index (Phi) is 3.11. The third kappa shape index (κ3) is 2.04. The van der Waals surface area contributed by atoms with Gasteiger partial charge in [-0.05, 0) is 24.1 Å². The Morgan fingerprint density at radius 3 is 2.83 bits per heavy atom. The van der Waals surface area contributed by atoms with E-state index in [0.717, 1.165) is 5.56 Å². The highest BCUT2D eigenvalue weighted by molar-refractivity contribution is 6.42. The number of H-pyrrole nitrogens is 1. The number of amides is 2. The van der Waals surface area contributed by atoms with Crippen molar-refractivity contribution >= 4 is 40.7 Å². The van der Waals surface area contributed by atoms with E-state index in [4.69, 9.17) is 23.2 Å². The van der Waals surface area contributed by atoms with Crippen molar-refractivity contribution in [1.82, 2.24) is 20.3 Å². The molecule has 9 heteroatoms. The van der Waals surface area contributed by atoms with E-state index in [1.54, 1.807) is 17.0 Å². The first-order chi connectivity index (χ1) is 11.0. The average Bonchev–Trinajstić information content (AvgIpc) is 3.23. The van der Waals surface area contributed by atoms with Crippen LogP contribution < -0.4 is 5.32 Å². The van der Waals surface area contributed by atoms with E-state index in [-0.39, 0.29) is 24.1 Å². The van der Waals surface area contributed by atoms with Gasteiger partial charge in [-0.25, -0.2) is 0 Å². The minimum absolute atomic E-state index is 0.138. The average molecular weight is 352 g/mol. The van der Waals surface area contributed by atoms with E-state index in [9.17, 15) is 9.59 Å². The van der Waals surface area contributed by atoms with Gasteiger partial charge in [0.25, 0.3) is 5.91 Å². The van der Waals surface area contributed by atoms with Crippen LogP contribution in [0.4, 0.5) is 5.69 Å². The number of fused-ring (bicyclic) bond motifs is 2. The number of anilines is 1. The van der Waals surface area contributed by atoms with Crippen molar-refractivity contribution in [2.24, 2.45) is 0 Å². The molecule has 2 N–H and O–H groups in total. The monoisotopic (exact) mass is 351 g/mol. The fraction of sp³-hybridized carbons (Fsp3) is 0.286. The molecule has 2 aliphatic rings. The number of hydrogen-bond acceptors (Lipinski definition) is 4. The van der Waals surface area contributed by atoms with Crippen molar-refractivity contribution in [1.29, 1.82) is 0 Å². The largest absolute Gasteiger partial charge is 0.336 e. The number of hydrogen-bond donors (Lipinski definition) is 2. The van der Waals surface area contributed by atoms with Gasteiger partial charge in [0.15, 0.2) is 5.69 Å². The fourth-order valence-corrected chi connectivity index (χ4v) is 3.59. The first-order valence-electron chi connectivity index (χ1n) is 6.98. The Morgan fingerprint density at radius 1 is 1.30 bits per heavy atom. The molecule has 3 heterocycles. The number of carbonyl (C=O) groups excluding carboxylic acids is 2. The van der Waals surface area contributed by atoms with Gasteiger partial charge in [0, 0.05) is 18.8 Å². The molecule has 2 amide bonds. The third-order valence-corrected chi connectivity index (χ3v) is 5.17. The zero-order chi connectivity index (χ0) is 16.2. The summed E-state index contributed by atoms with van der Waals surface area (Å²) in [5.41, 5.74) is 0.880. The van der Waals surface area contributed by atoms with Crippen LogP contribution >= 0.6 is 23.2 Å². The molecule has 118 valence electrons. The van der Waals surface area contributed by atoms with Gasteiger partial charge in [0.2, 0.25) is 5.91 Å². The van der Waals surface area contributed by atoms with Crippen molar-refractivity contribution in [3.05, 3.63) is 39.6 Å². The van der Waals surface area contributed by atoms with Gasteiger partial charge < -0.3 is 10.2 Å². The summed E-state index contributed by atoms with van der Waals surface area (Å²) in [7, 11) is 0. The van der Waals surface area contributed by atoms with E-state index < -0.39 is 5.41 Å². The summed E-state index contributed by atoms with van der Waals surface area (Å²) >= 11 is 12.1. The normalized spacial score (nSPS) is 22.5. The second-order valence-electron chi connectivity index (χ2n) is 5.68. The summed E-state index contributed by atoms with van der Waals surface area (Å²) in [4.78, 5) is 26.6. The third-order valence-electron chi connectivity index (χ3n) is 4.45. The van der Waals surface area contributed by atoms with Crippen LogP contribution in [0.5, 0.6) is 0 Å². The van der Waals surface area contributed by atoms with Crippen LogP contribution in [0, 0.1) is 0 Å². The van der Waals surface area contributed by atoms with E-state index >= 15 is 0 Å². The van der Waals surface area contributed by atoms with Crippen molar-refractivity contribution in [3.8, 4) is 0 Å². The Labute approximate surface area is 140 Å². The van der Waals surface area contributed by atoms with Gasteiger partial charge in [-0.15, -0.1) is 5.10 Å². The number of aromatic nitrogens is 3. The first-order valence-corrected chi connectivity index (χ1v) is 7.73. The highest BCUT2D eigenvalue weighted by Crippen LogP contribution is 2.46. The fourth-order valence-electron chi connectivity index (χ4n) is 3.27. The van der Waals surface area contributed by atoms with Gasteiger partial charge in [-0.1, -0.05) is 28.4 Å². The highest BCUT2D eigenvalue weighted by atomic mass is 35.5. The molecule has 1 aromatic heterocycles. The molecule has 0 aliphatic carbocycles. The van der Waals surface area contributed by atoms with Gasteiger partial charge in [-0.3, -0.25) is 14.7 Å². The molecule has 1 fully saturated rings. The maximum atomic E-state index is 12.6. The van der Waals surface area contributed by atoms with E-state index in [0.29, 0.717) is 28.7 Å². The Bertz CT molecular complexity index is 823. The maximum Gasteiger partial charge on any atom is 0.276 e. The Morgan fingerprint density at radius 2 is 2.09 bits per heavy atom. The number of halogens is 2. The minimum Gasteiger partial charge on any atom is -0.336 e. The summed E-state index contributed by atoms with van der Waals surface area (Å²) < 4.78 is 0. The van der Waals surface area contributed by atoms with Crippen LogP contribution in [0.3, 0.4) is 0 Å². The summed E-state index contributed by atoms with van der Waals surface area (Å²) in [6.07, 6.45) is 1.96. The maximum absolute atomic E-state index is 12.6. The van der Waals surface area contributed by atoms with Gasteiger partial charge in [0.05, 0.1) is 21.7 Å². The predicted octanol–water partition coefficient (Wildman–Crippen LogP) is 1.85. The van der Waals surface area contributed by atoms with Crippen molar-refractivity contribution in [3.63, 3.8) is 0 Å². The predicted molar refractivity (Wildman–Crippen MR) is 83.7 cm³/mol. The lowest BCUT2D eigenvalue weighted by Crippen LogP contribution is -2.39.